The summed E-state index contributed by atoms with van der Waals surface area (Å²) in [5.74, 6) is 0.734. The third-order valence-electron chi connectivity index (χ3n) is 1.91. The van der Waals surface area contributed by atoms with Gasteiger partial charge in [-0.1, -0.05) is 12.8 Å². The Hall–Kier alpha value is 0.200. The van der Waals surface area contributed by atoms with E-state index in [0.717, 1.165) is 12.3 Å². The molecule has 1 unspecified atom stereocenters. The van der Waals surface area contributed by atoms with Crippen LogP contribution in [0.1, 0.15) is 26.2 Å². The lowest BCUT2D eigenvalue weighted by molar-refractivity contribution is 0.533. The smallest absolute Gasteiger partial charge is 0.211 e. The Bertz CT molecular complexity index is 236. The molecular formula is C7H14ClNO2S. The summed E-state index contributed by atoms with van der Waals surface area (Å²) in [6.45, 7) is 1.88. The van der Waals surface area contributed by atoms with Crippen molar-refractivity contribution in [3.8, 4) is 0 Å². The highest BCUT2D eigenvalue weighted by Gasteiger charge is 2.25. The molecule has 0 amide bonds. The van der Waals surface area contributed by atoms with Crippen LogP contribution in [0.4, 0.5) is 0 Å². The summed E-state index contributed by atoms with van der Waals surface area (Å²) in [5.41, 5.74) is 0. The fraction of sp³-hybridized carbons (Fsp3) is 1.00. The molecule has 0 aromatic heterocycles. The van der Waals surface area contributed by atoms with Gasteiger partial charge in [0.05, 0.1) is 0 Å². The Morgan fingerprint density at radius 1 is 1.58 bits per heavy atom. The van der Waals surface area contributed by atoms with E-state index in [2.05, 4.69) is 4.72 Å². The molecule has 0 bridgehead atoms. The van der Waals surface area contributed by atoms with E-state index >= 15 is 0 Å². The number of halogens is 1. The van der Waals surface area contributed by atoms with E-state index in [9.17, 15) is 8.42 Å². The minimum atomic E-state index is -3.22. The van der Waals surface area contributed by atoms with Crippen LogP contribution in [-0.4, -0.2) is 19.7 Å². The molecular weight excluding hydrogens is 198 g/mol. The van der Waals surface area contributed by atoms with Crippen LogP contribution in [0.5, 0.6) is 0 Å². The van der Waals surface area contributed by atoms with Crippen LogP contribution in [-0.2, 0) is 10.0 Å². The summed E-state index contributed by atoms with van der Waals surface area (Å²) in [4.78, 5) is 0. The Kier molecular flexibility index (Phi) is 3.37. The lowest BCUT2D eigenvalue weighted by Crippen LogP contribution is -2.33. The summed E-state index contributed by atoms with van der Waals surface area (Å²) in [5, 5.41) is -0.345. The van der Waals surface area contributed by atoms with E-state index in [1.165, 1.54) is 12.8 Å². The van der Waals surface area contributed by atoms with Crippen LogP contribution in [0.2, 0.25) is 0 Å². The van der Waals surface area contributed by atoms with Gasteiger partial charge >= 0.3 is 0 Å². The van der Waals surface area contributed by atoms with Gasteiger partial charge in [-0.05, 0) is 19.3 Å². The fourth-order valence-corrected chi connectivity index (χ4v) is 2.20. The van der Waals surface area contributed by atoms with E-state index in [1.807, 2.05) is 6.92 Å². The first-order valence-electron chi connectivity index (χ1n) is 4.09. The van der Waals surface area contributed by atoms with E-state index in [4.69, 9.17) is 11.6 Å². The topological polar surface area (TPSA) is 46.2 Å². The van der Waals surface area contributed by atoms with Gasteiger partial charge in [0.2, 0.25) is 10.0 Å². The SMILES string of the molecule is CC(CC1CC1)NS(=O)(=O)CCl. The van der Waals surface area contributed by atoms with Crippen LogP contribution in [0.15, 0.2) is 0 Å². The van der Waals surface area contributed by atoms with E-state index in [0.29, 0.717) is 0 Å². The van der Waals surface area contributed by atoms with Crippen molar-refractivity contribution in [2.24, 2.45) is 5.92 Å². The highest BCUT2D eigenvalue weighted by atomic mass is 35.5. The molecule has 3 nitrogen and oxygen atoms in total. The fourth-order valence-electron chi connectivity index (χ4n) is 1.24. The number of hydrogen-bond acceptors (Lipinski definition) is 2. The third-order valence-corrected chi connectivity index (χ3v) is 3.82. The Balaban J connectivity index is 2.28. The second-order valence-electron chi connectivity index (χ2n) is 3.42. The molecule has 72 valence electrons. The second-order valence-corrected chi connectivity index (χ2v) is 5.76. The molecule has 1 aliphatic carbocycles. The first-order valence-corrected chi connectivity index (χ1v) is 6.28. The van der Waals surface area contributed by atoms with Crippen LogP contribution in [0.3, 0.4) is 0 Å². The standard InChI is InChI=1S/C7H14ClNO2S/c1-6(4-7-2-3-7)9-12(10,11)5-8/h6-7,9H,2-5H2,1H3. The predicted molar refractivity (Wildman–Crippen MR) is 49.6 cm³/mol. The number of hydrogen-bond donors (Lipinski definition) is 1. The summed E-state index contributed by atoms with van der Waals surface area (Å²) < 4.78 is 24.5. The van der Waals surface area contributed by atoms with Crippen molar-refractivity contribution in [3.05, 3.63) is 0 Å². The van der Waals surface area contributed by atoms with Gasteiger partial charge in [-0.15, -0.1) is 11.6 Å². The van der Waals surface area contributed by atoms with Crippen molar-refractivity contribution >= 4 is 21.6 Å². The van der Waals surface area contributed by atoms with Crippen molar-refractivity contribution in [2.75, 3.05) is 5.21 Å². The summed E-state index contributed by atoms with van der Waals surface area (Å²) in [6.07, 6.45) is 3.43. The largest absolute Gasteiger partial charge is 0.225 e. The zero-order valence-corrected chi connectivity index (χ0v) is 8.66. The number of nitrogens with one attached hydrogen (secondary N) is 1. The second kappa shape index (κ2) is 3.94. The van der Waals surface area contributed by atoms with Gasteiger partial charge in [0.1, 0.15) is 5.21 Å². The van der Waals surface area contributed by atoms with Crippen LogP contribution in [0.25, 0.3) is 0 Å². The van der Waals surface area contributed by atoms with Crippen molar-refractivity contribution in [3.63, 3.8) is 0 Å². The first kappa shape index (κ1) is 10.3. The molecule has 0 radical (unpaired) electrons. The molecule has 0 aliphatic heterocycles. The van der Waals surface area contributed by atoms with E-state index in [-0.39, 0.29) is 11.3 Å². The van der Waals surface area contributed by atoms with Gasteiger partial charge in [0.15, 0.2) is 0 Å². The maximum Gasteiger partial charge on any atom is 0.225 e. The number of rotatable bonds is 5. The quantitative estimate of drug-likeness (QED) is 0.697. The maximum absolute atomic E-state index is 11.0. The molecule has 5 heteroatoms. The molecule has 1 atom stereocenters. The average molecular weight is 212 g/mol. The normalized spacial score (nSPS) is 20.8. The molecule has 1 fully saturated rings. The molecule has 0 saturated heterocycles. The Morgan fingerprint density at radius 2 is 2.17 bits per heavy atom. The Morgan fingerprint density at radius 3 is 2.58 bits per heavy atom. The van der Waals surface area contributed by atoms with Gasteiger partial charge in [0.25, 0.3) is 0 Å². The molecule has 0 heterocycles. The number of sulfonamides is 1. The van der Waals surface area contributed by atoms with Crippen LogP contribution >= 0.6 is 11.6 Å². The van der Waals surface area contributed by atoms with Gasteiger partial charge in [-0.2, -0.15) is 0 Å². The zero-order chi connectivity index (χ0) is 9.19. The van der Waals surface area contributed by atoms with Crippen molar-refractivity contribution in [2.45, 2.75) is 32.2 Å². The van der Waals surface area contributed by atoms with Crippen molar-refractivity contribution < 1.29 is 8.42 Å². The summed E-state index contributed by atoms with van der Waals surface area (Å²) in [6, 6.07) is 0.0289. The molecule has 0 aromatic carbocycles. The van der Waals surface area contributed by atoms with Gasteiger partial charge in [-0.3, -0.25) is 0 Å². The average Bonchev–Trinajstić information content (AvgIpc) is 2.70. The summed E-state index contributed by atoms with van der Waals surface area (Å²) >= 11 is 5.24. The third kappa shape index (κ3) is 3.74. The van der Waals surface area contributed by atoms with Crippen LogP contribution in [0, 0.1) is 5.92 Å². The molecule has 1 rings (SSSR count). The molecule has 0 aromatic rings. The molecule has 12 heavy (non-hydrogen) atoms. The van der Waals surface area contributed by atoms with Gasteiger partial charge < -0.3 is 0 Å². The number of alkyl halides is 1. The molecule has 1 saturated carbocycles. The lowest BCUT2D eigenvalue weighted by Gasteiger charge is -2.11. The van der Waals surface area contributed by atoms with E-state index < -0.39 is 10.0 Å². The molecule has 0 spiro atoms. The van der Waals surface area contributed by atoms with Crippen molar-refractivity contribution in [1.82, 2.24) is 4.72 Å². The maximum atomic E-state index is 11.0. The monoisotopic (exact) mass is 211 g/mol. The Labute approximate surface area is 78.5 Å². The summed E-state index contributed by atoms with van der Waals surface area (Å²) in [7, 11) is -3.22. The molecule has 1 aliphatic rings. The zero-order valence-electron chi connectivity index (χ0n) is 7.09. The first-order chi connectivity index (χ1) is 5.53. The van der Waals surface area contributed by atoms with Crippen molar-refractivity contribution in [1.29, 1.82) is 0 Å². The molecule has 1 N–H and O–H groups in total. The highest BCUT2D eigenvalue weighted by Crippen LogP contribution is 2.33. The van der Waals surface area contributed by atoms with Crippen LogP contribution < -0.4 is 4.72 Å². The highest BCUT2D eigenvalue weighted by molar-refractivity contribution is 7.90. The van der Waals surface area contributed by atoms with Gasteiger partial charge in [-0.25, -0.2) is 13.1 Å². The van der Waals surface area contributed by atoms with Gasteiger partial charge in [0, 0.05) is 6.04 Å². The lowest BCUT2D eigenvalue weighted by atomic mass is 10.2. The minimum Gasteiger partial charge on any atom is -0.211 e. The van der Waals surface area contributed by atoms with E-state index in [1.54, 1.807) is 0 Å². The minimum absolute atomic E-state index is 0.0289. The predicted octanol–water partition coefficient (Wildman–Crippen LogP) is 1.29.